The van der Waals surface area contributed by atoms with E-state index in [1.54, 1.807) is 6.08 Å². The van der Waals surface area contributed by atoms with Crippen molar-refractivity contribution in [3.63, 3.8) is 0 Å². The van der Waals surface area contributed by atoms with E-state index in [1.165, 1.54) is 6.92 Å². The third-order valence-corrected chi connectivity index (χ3v) is 7.98. The van der Waals surface area contributed by atoms with E-state index in [0.717, 1.165) is 24.8 Å². The molecule has 0 spiro atoms. The van der Waals surface area contributed by atoms with Crippen LogP contribution in [0.5, 0.6) is 0 Å². The van der Waals surface area contributed by atoms with E-state index >= 15 is 0 Å². The maximum atomic E-state index is 12.5. The molecule has 0 aromatic rings. The highest BCUT2D eigenvalue weighted by Gasteiger charge is 2.69. The van der Waals surface area contributed by atoms with Crippen LogP contribution in [0.15, 0.2) is 23.4 Å². The zero-order valence-corrected chi connectivity index (χ0v) is 15.5. The predicted molar refractivity (Wildman–Crippen MR) is 93.8 cm³/mol. The molecular weight excluding hydrogens is 330 g/mol. The lowest BCUT2D eigenvalue weighted by atomic mass is 9.48. The molecule has 138 valence electrons. The molecule has 5 nitrogen and oxygen atoms in total. The maximum Gasteiger partial charge on any atom is 0.221 e. The smallest absolute Gasteiger partial charge is 0.221 e. The minimum Gasteiger partial charge on any atom is -0.364 e. The van der Waals surface area contributed by atoms with Gasteiger partial charge in [0.15, 0.2) is 0 Å². The van der Waals surface area contributed by atoms with Gasteiger partial charge in [0.05, 0.1) is 11.8 Å². The van der Waals surface area contributed by atoms with Crippen molar-refractivity contribution in [3.8, 4) is 0 Å². The van der Waals surface area contributed by atoms with Gasteiger partial charge in [-0.15, -0.1) is 0 Å². The van der Waals surface area contributed by atoms with Crippen LogP contribution in [0.3, 0.4) is 0 Å². The molecule has 7 atom stereocenters. The first kappa shape index (κ1) is 16.4. The molecule has 4 fully saturated rings. The standard InChI is InChI=1S/C21H25NO4/c1-10(23)22-17-13(24)7-9-21(3)12-6-8-20(2)11(4-5-14(20)25)15(12)18-19(26-18)16(17)21/h7,9,11-12,15,18-19H,4-6,8H2,1-3H3,(H,22,23)/t11-,12-,15-,18-,19?,20-,21+/m0/s1. The summed E-state index contributed by atoms with van der Waals surface area (Å²) < 4.78 is 6.12. The van der Waals surface area contributed by atoms with Crippen molar-refractivity contribution in [2.45, 2.75) is 58.7 Å². The van der Waals surface area contributed by atoms with Gasteiger partial charge in [-0.2, -0.15) is 0 Å². The molecule has 1 unspecified atom stereocenters. The number of hydrogen-bond acceptors (Lipinski definition) is 4. The van der Waals surface area contributed by atoms with E-state index in [9.17, 15) is 14.4 Å². The Kier molecular flexibility index (Phi) is 3.12. The number of Topliss-reactive ketones (excluding diaryl/α,β-unsaturated/α-hetero) is 1. The van der Waals surface area contributed by atoms with Gasteiger partial charge in [-0.25, -0.2) is 0 Å². The summed E-state index contributed by atoms with van der Waals surface area (Å²) in [5, 5.41) is 2.78. The Morgan fingerprint density at radius 3 is 2.73 bits per heavy atom. The first-order chi connectivity index (χ1) is 12.3. The molecule has 5 aliphatic rings. The molecule has 0 aromatic carbocycles. The van der Waals surface area contributed by atoms with Crippen LogP contribution < -0.4 is 5.32 Å². The molecule has 1 aliphatic heterocycles. The number of hydrogen-bond donors (Lipinski definition) is 1. The summed E-state index contributed by atoms with van der Waals surface area (Å²) in [6.45, 7) is 5.77. The molecule has 4 aliphatic carbocycles. The molecule has 0 bridgehead atoms. The van der Waals surface area contributed by atoms with Gasteiger partial charge in [0.1, 0.15) is 11.9 Å². The Hall–Kier alpha value is -1.75. The number of carbonyl (C=O) groups is 3. The first-order valence-electron chi connectivity index (χ1n) is 9.72. The lowest BCUT2D eigenvalue weighted by Gasteiger charge is -2.54. The fraction of sp³-hybridized carbons (Fsp3) is 0.667. The minimum absolute atomic E-state index is 0.0849. The molecule has 1 amide bonds. The number of rotatable bonds is 1. The van der Waals surface area contributed by atoms with Gasteiger partial charge in [-0.3, -0.25) is 14.4 Å². The number of epoxide rings is 1. The molecule has 3 saturated carbocycles. The van der Waals surface area contributed by atoms with E-state index in [1.807, 2.05) is 6.08 Å². The Morgan fingerprint density at radius 2 is 2.00 bits per heavy atom. The average Bonchev–Trinajstić information content (AvgIpc) is 3.30. The number of amides is 1. The van der Waals surface area contributed by atoms with Crippen molar-refractivity contribution in [2.24, 2.45) is 28.6 Å². The summed E-state index contributed by atoms with van der Waals surface area (Å²) in [6.07, 6.45) is 7.15. The topological polar surface area (TPSA) is 75.8 Å². The lowest BCUT2D eigenvalue weighted by Crippen LogP contribution is -2.53. The Balaban J connectivity index is 1.61. The number of fused-ring (bicyclic) bond motifs is 8. The molecule has 0 radical (unpaired) electrons. The lowest BCUT2D eigenvalue weighted by molar-refractivity contribution is -0.131. The largest absolute Gasteiger partial charge is 0.364 e. The quantitative estimate of drug-likeness (QED) is 0.733. The van der Waals surface area contributed by atoms with Crippen LogP contribution in [0, 0.1) is 28.6 Å². The summed E-state index contributed by atoms with van der Waals surface area (Å²) in [4.78, 5) is 36.7. The molecule has 1 saturated heterocycles. The first-order valence-corrected chi connectivity index (χ1v) is 9.72. The number of ether oxygens (including phenoxy) is 1. The Morgan fingerprint density at radius 1 is 1.23 bits per heavy atom. The molecule has 1 heterocycles. The van der Waals surface area contributed by atoms with Gasteiger partial charge in [-0.1, -0.05) is 19.9 Å². The summed E-state index contributed by atoms with van der Waals surface area (Å²) in [6, 6.07) is 0. The van der Waals surface area contributed by atoms with E-state index in [2.05, 4.69) is 19.2 Å². The van der Waals surface area contributed by atoms with Crippen molar-refractivity contribution >= 4 is 17.5 Å². The zero-order valence-electron chi connectivity index (χ0n) is 15.5. The third kappa shape index (κ3) is 1.87. The highest BCUT2D eigenvalue weighted by Crippen LogP contribution is 2.68. The Labute approximate surface area is 153 Å². The van der Waals surface area contributed by atoms with Crippen LogP contribution in [0.1, 0.15) is 46.5 Å². The highest BCUT2D eigenvalue weighted by molar-refractivity contribution is 6.08. The predicted octanol–water partition coefficient (Wildman–Crippen LogP) is 2.31. The highest BCUT2D eigenvalue weighted by atomic mass is 16.6. The molecule has 5 rings (SSSR count). The van der Waals surface area contributed by atoms with Crippen LogP contribution in [0.4, 0.5) is 0 Å². The monoisotopic (exact) mass is 355 g/mol. The van der Waals surface area contributed by atoms with Gasteiger partial charge in [0.25, 0.3) is 0 Å². The van der Waals surface area contributed by atoms with Crippen LogP contribution in [0.25, 0.3) is 0 Å². The second-order valence-electron chi connectivity index (χ2n) is 9.18. The van der Waals surface area contributed by atoms with E-state index in [-0.39, 0.29) is 34.7 Å². The molecular formula is C21H25NO4. The average molecular weight is 355 g/mol. The van der Waals surface area contributed by atoms with Crippen molar-refractivity contribution in [1.29, 1.82) is 0 Å². The zero-order chi connectivity index (χ0) is 18.4. The van der Waals surface area contributed by atoms with E-state index in [0.29, 0.717) is 35.7 Å². The van der Waals surface area contributed by atoms with E-state index in [4.69, 9.17) is 4.74 Å². The fourth-order valence-electron chi connectivity index (χ4n) is 6.68. The molecule has 26 heavy (non-hydrogen) atoms. The van der Waals surface area contributed by atoms with Crippen molar-refractivity contribution in [1.82, 2.24) is 5.32 Å². The second kappa shape index (κ2) is 4.94. The number of allylic oxidation sites excluding steroid dienone is 2. The number of ketones is 2. The Bertz CT molecular complexity index is 811. The summed E-state index contributed by atoms with van der Waals surface area (Å²) in [5.41, 5.74) is 0.883. The van der Waals surface area contributed by atoms with Crippen molar-refractivity contribution < 1.29 is 19.1 Å². The van der Waals surface area contributed by atoms with Crippen molar-refractivity contribution in [3.05, 3.63) is 23.4 Å². The van der Waals surface area contributed by atoms with Crippen LogP contribution in [-0.2, 0) is 19.1 Å². The van der Waals surface area contributed by atoms with Crippen LogP contribution in [0.2, 0.25) is 0 Å². The van der Waals surface area contributed by atoms with Gasteiger partial charge < -0.3 is 10.1 Å². The normalized spacial score (nSPS) is 48.5. The summed E-state index contributed by atoms with van der Waals surface area (Å²) >= 11 is 0. The summed E-state index contributed by atoms with van der Waals surface area (Å²) in [7, 11) is 0. The molecule has 0 aromatic heterocycles. The van der Waals surface area contributed by atoms with Crippen LogP contribution in [-0.4, -0.2) is 29.7 Å². The van der Waals surface area contributed by atoms with E-state index < -0.39 is 0 Å². The van der Waals surface area contributed by atoms with Crippen LogP contribution >= 0.6 is 0 Å². The third-order valence-electron chi connectivity index (χ3n) is 7.98. The van der Waals surface area contributed by atoms with Gasteiger partial charge >= 0.3 is 0 Å². The second-order valence-corrected chi connectivity index (χ2v) is 9.18. The van der Waals surface area contributed by atoms with Gasteiger partial charge in [0, 0.05) is 24.2 Å². The summed E-state index contributed by atoms with van der Waals surface area (Å²) in [5.74, 6) is 1.12. The fourth-order valence-corrected chi connectivity index (χ4v) is 6.68. The molecule has 5 heteroatoms. The SMILES string of the molecule is CC(=O)NC1=C2C3O[C@H]3[C@@H]3[C@H](CC[C@]4(C)C(=O)CC[C@@H]34)[C@@]2(C)C=CC1=O. The van der Waals surface area contributed by atoms with Gasteiger partial charge in [0.2, 0.25) is 11.7 Å². The number of carbonyl (C=O) groups excluding carboxylic acids is 3. The minimum atomic E-state index is -0.291. The van der Waals surface area contributed by atoms with Crippen molar-refractivity contribution in [2.75, 3.05) is 0 Å². The number of nitrogens with one attached hydrogen (secondary N) is 1. The maximum absolute atomic E-state index is 12.5. The van der Waals surface area contributed by atoms with Gasteiger partial charge in [-0.05, 0) is 48.7 Å². The molecule has 1 N–H and O–H groups in total.